The summed E-state index contributed by atoms with van der Waals surface area (Å²) in [6.45, 7) is 0. The lowest BCUT2D eigenvalue weighted by Crippen LogP contribution is -1.99. The Morgan fingerprint density at radius 3 is 2.65 bits per heavy atom. The van der Waals surface area contributed by atoms with Crippen LogP contribution in [0.3, 0.4) is 0 Å². The van der Waals surface area contributed by atoms with Gasteiger partial charge in [0.15, 0.2) is 0 Å². The number of anilines is 2. The maximum Gasteiger partial charge on any atom is 0.135 e. The zero-order chi connectivity index (χ0) is 12.1. The molecule has 0 amide bonds. The Balaban J connectivity index is 2.30. The molecule has 0 atom stereocenters. The minimum Gasteiger partial charge on any atom is -0.340 e. The molecular weight excluding hydrogens is 236 g/mol. The Labute approximate surface area is 104 Å². The quantitative estimate of drug-likeness (QED) is 0.665. The van der Waals surface area contributed by atoms with E-state index >= 15 is 0 Å². The molecule has 4 heteroatoms. The van der Waals surface area contributed by atoms with E-state index in [1.807, 2.05) is 30.3 Å². The summed E-state index contributed by atoms with van der Waals surface area (Å²) in [4.78, 5) is 14.8. The highest BCUT2D eigenvalue weighted by molar-refractivity contribution is 6.29. The molecule has 0 aliphatic heterocycles. The number of halogens is 1. The van der Waals surface area contributed by atoms with Gasteiger partial charge in [0.25, 0.3) is 0 Å². The second-order valence-electron chi connectivity index (χ2n) is 3.50. The van der Waals surface area contributed by atoms with E-state index in [1.54, 1.807) is 12.1 Å². The summed E-state index contributed by atoms with van der Waals surface area (Å²) < 4.78 is 0. The van der Waals surface area contributed by atoms with Crippen molar-refractivity contribution in [2.24, 2.45) is 0 Å². The van der Waals surface area contributed by atoms with Crippen LogP contribution in [0.5, 0.6) is 0 Å². The molecule has 1 N–H and O–H groups in total. The first-order valence-electron chi connectivity index (χ1n) is 5.21. The number of nitrogens with one attached hydrogen (secondary N) is 1. The van der Waals surface area contributed by atoms with Crippen LogP contribution in [0.15, 0.2) is 42.5 Å². The Hall–Kier alpha value is -1.87. The highest BCUT2D eigenvalue weighted by Gasteiger charge is 2.05. The highest BCUT2D eigenvalue weighted by atomic mass is 35.5. The fourth-order valence-electron chi connectivity index (χ4n) is 1.49. The summed E-state index contributed by atoms with van der Waals surface area (Å²) in [5.74, 6) is 0.621. The fourth-order valence-corrected chi connectivity index (χ4v) is 1.63. The maximum atomic E-state index is 10.6. The maximum absolute atomic E-state index is 10.6. The molecule has 0 aliphatic carbocycles. The van der Waals surface area contributed by atoms with E-state index in [4.69, 9.17) is 11.6 Å². The lowest BCUT2D eigenvalue weighted by Gasteiger charge is -2.09. The van der Waals surface area contributed by atoms with E-state index in [1.165, 1.54) is 0 Å². The third kappa shape index (κ3) is 3.04. The Morgan fingerprint density at radius 1 is 1.18 bits per heavy atom. The second kappa shape index (κ2) is 5.46. The average Bonchev–Trinajstić information content (AvgIpc) is 2.34. The van der Waals surface area contributed by atoms with Gasteiger partial charge < -0.3 is 10.1 Å². The van der Waals surface area contributed by atoms with Crippen molar-refractivity contribution in [3.63, 3.8) is 0 Å². The van der Waals surface area contributed by atoms with E-state index in [2.05, 4.69) is 10.3 Å². The summed E-state index contributed by atoms with van der Waals surface area (Å²) in [6.07, 6.45) is 1.17. The minimum atomic E-state index is 0.319. The molecule has 2 rings (SSSR count). The molecule has 1 heterocycles. The summed E-state index contributed by atoms with van der Waals surface area (Å²) >= 11 is 5.84. The number of aromatic nitrogens is 1. The van der Waals surface area contributed by atoms with Crippen molar-refractivity contribution >= 4 is 29.4 Å². The molecular formula is C13H11ClN2O. The van der Waals surface area contributed by atoms with Gasteiger partial charge >= 0.3 is 0 Å². The highest BCUT2D eigenvalue weighted by Crippen LogP contribution is 2.21. The molecule has 3 nitrogen and oxygen atoms in total. The van der Waals surface area contributed by atoms with Crippen molar-refractivity contribution in [2.75, 3.05) is 5.32 Å². The van der Waals surface area contributed by atoms with Crippen molar-refractivity contribution in [2.45, 2.75) is 6.42 Å². The van der Waals surface area contributed by atoms with E-state index < -0.39 is 0 Å². The predicted molar refractivity (Wildman–Crippen MR) is 68.7 cm³/mol. The number of para-hydroxylation sites is 1. The smallest absolute Gasteiger partial charge is 0.135 e. The third-order valence-electron chi connectivity index (χ3n) is 2.28. The largest absolute Gasteiger partial charge is 0.340 e. The van der Waals surface area contributed by atoms with E-state index in [0.717, 1.165) is 17.5 Å². The standard InChI is InChI=1S/C13H11ClN2O/c14-12-7-6-10(8-9-17)13(16-12)15-11-4-2-1-3-5-11/h1-7,9H,8H2,(H,15,16). The number of carbonyl (C=O) groups is 1. The lowest BCUT2D eigenvalue weighted by atomic mass is 10.2. The van der Waals surface area contributed by atoms with Crippen LogP contribution in [0.1, 0.15) is 5.56 Å². The SMILES string of the molecule is O=CCc1ccc(Cl)nc1Nc1ccccc1. The molecule has 86 valence electrons. The molecule has 0 bridgehead atoms. The molecule has 0 saturated heterocycles. The number of pyridine rings is 1. The monoisotopic (exact) mass is 246 g/mol. The fraction of sp³-hybridized carbons (Fsp3) is 0.0769. The van der Waals surface area contributed by atoms with Crippen LogP contribution in [-0.2, 0) is 11.2 Å². The zero-order valence-electron chi connectivity index (χ0n) is 9.06. The van der Waals surface area contributed by atoms with Gasteiger partial charge in [0, 0.05) is 17.7 Å². The molecule has 1 aromatic heterocycles. The van der Waals surface area contributed by atoms with Crippen LogP contribution in [0.4, 0.5) is 11.5 Å². The molecule has 0 spiro atoms. The summed E-state index contributed by atoms with van der Waals surface area (Å²) in [5.41, 5.74) is 1.74. The van der Waals surface area contributed by atoms with Gasteiger partial charge in [-0.3, -0.25) is 0 Å². The first-order chi connectivity index (χ1) is 8.29. The van der Waals surface area contributed by atoms with Gasteiger partial charge in [0.1, 0.15) is 17.3 Å². The van der Waals surface area contributed by atoms with Crippen molar-refractivity contribution in [1.29, 1.82) is 0 Å². The zero-order valence-corrected chi connectivity index (χ0v) is 9.82. The van der Waals surface area contributed by atoms with Gasteiger partial charge in [-0.25, -0.2) is 4.98 Å². The van der Waals surface area contributed by atoms with Crippen LogP contribution in [0.25, 0.3) is 0 Å². The second-order valence-corrected chi connectivity index (χ2v) is 3.89. The number of aldehydes is 1. The van der Waals surface area contributed by atoms with Crippen molar-refractivity contribution < 1.29 is 4.79 Å². The first kappa shape index (κ1) is 11.6. The van der Waals surface area contributed by atoms with E-state index in [9.17, 15) is 4.79 Å². The summed E-state index contributed by atoms with van der Waals surface area (Å²) in [7, 11) is 0. The molecule has 0 aliphatic rings. The average molecular weight is 247 g/mol. The van der Waals surface area contributed by atoms with Crippen LogP contribution < -0.4 is 5.32 Å². The number of hydrogen-bond acceptors (Lipinski definition) is 3. The number of nitrogens with zero attached hydrogens (tertiary/aromatic N) is 1. The Bertz CT molecular complexity index is 514. The molecule has 2 aromatic rings. The van der Waals surface area contributed by atoms with Gasteiger partial charge in [0.2, 0.25) is 0 Å². The number of carbonyl (C=O) groups excluding carboxylic acids is 1. The van der Waals surface area contributed by atoms with Gasteiger partial charge in [-0.1, -0.05) is 35.9 Å². The predicted octanol–water partition coefficient (Wildman–Crippen LogP) is 3.22. The van der Waals surface area contributed by atoms with Crippen molar-refractivity contribution in [3.05, 3.63) is 53.2 Å². The van der Waals surface area contributed by atoms with Gasteiger partial charge in [-0.15, -0.1) is 0 Å². The molecule has 17 heavy (non-hydrogen) atoms. The van der Waals surface area contributed by atoms with E-state index in [0.29, 0.717) is 17.4 Å². The minimum absolute atomic E-state index is 0.319. The number of rotatable bonds is 4. The first-order valence-corrected chi connectivity index (χ1v) is 5.58. The van der Waals surface area contributed by atoms with Crippen molar-refractivity contribution in [3.8, 4) is 0 Å². The summed E-state index contributed by atoms with van der Waals surface area (Å²) in [5, 5.41) is 3.54. The Kier molecular flexibility index (Phi) is 3.73. The third-order valence-corrected chi connectivity index (χ3v) is 2.50. The summed E-state index contributed by atoms with van der Waals surface area (Å²) in [6, 6.07) is 13.1. The topological polar surface area (TPSA) is 42.0 Å². The van der Waals surface area contributed by atoms with Crippen LogP contribution in [0, 0.1) is 0 Å². The molecule has 0 fully saturated rings. The molecule has 0 saturated carbocycles. The van der Waals surface area contributed by atoms with Crippen LogP contribution >= 0.6 is 11.6 Å². The van der Waals surface area contributed by atoms with E-state index in [-0.39, 0.29) is 0 Å². The lowest BCUT2D eigenvalue weighted by molar-refractivity contribution is -0.107. The number of benzene rings is 1. The van der Waals surface area contributed by atoms with Gasteiger partial charge in [0.05, 0.1) is 0 Å². The van der Waals surface area contributed by atoms with Crippen molar-refractivity contribution in [1.82, 2.24) is 4.98 Å². The molecule has 1 aromatic carbocycles. The van der Waals surface area contributed by atoms with Crippen LogP contribution in [0.2, 0.25) is 5.15 Å². The normalized spacial score (nSPS) is 9.94. The van der Waals surface area contributed by atoms with Gasteiger partial charge in [-0.2, -0.15) is 0 Å². The van der Waals surface area contributed by atoms with Crippen LogP contribution in [-0.4, -0.2) is 11.3 Å². The molecule has 0 radical (unpaired) electrons. The Morgan fingerprint density at radius 2 is 1.94 bits per heavy atom. The number of hydrogen-bond donors (Lipinski definition) is 1. The molecule has 0 unspecified atom stereocenters. The van der Waals surface area contributed by atoms with Gasteiger partial charge in [-0.05, 0) is 18.2 Å².